The van der Waals surface area contributed by atoms with Gasteiger partial charge in [-0.1, -0.05) is 18.2 Å². The molecule has 0 spiro atoms. The van der Waals surface area contributed by atoms with Crippen molar-refractivity contribution in [1.29, 1.82) is 0 Å². The monoisotopic (exact) mass is 274 g/mol. The summed E-state index contributed by atoms with van der Waals surface area (Å²) in [5, 5.41) is 2.93. The number of hydrogen-bond donors (Lipinski definition) is 1. The minimum absolute atomic E-state index is 0.0456. The van der Waals surface area contributed by atoms with Crippen molar-refractivity contribution in [2.75, 3.05) is 13.1 Å². The number of rotatable bonds is 4. The van der Waals surface area contributed by atoms with Crippen LogP contribution in [0.2, 0.25) is 0 Å². The average molecular weight is 274 g/mol. The van der Waals surface area contributed by atoms with E-state index in [0.717, 1.165) is 25.8 Å². The quantitative estimate of drug-likeness (QED) is 0.915. The van der Waals surface area contributed by atoms with Gasteiger partial charge in [-0.05, 0) is 37.8 Å². The van der Waals surface area contributed by atoms with E-state index in [9.17, 15) is 9.59 Å². The van der Waals surface area contributed by atoms with Crippen molar-refractivity contribution in [2.24, 2.45) is 0 Å². The Bertz CT molecular complexity index is 459. The largest absolute Gasteiger partial charge is 0.352 e. The molecular formula is C16H22N2O2. The van der Waals surface area contributed by atoms with Crippen molar-refractivity contribution in [3.8, 4) is 0 Å². The fraction of sp³-hybridized carbons (Fsp3) is 0.500. The van der Waals surface area contributed by atoms with Gasteiger partial charge in [-0.3, -0.25) is 9.59 Å². The Labute approximate surface area is 120 Å². The van der Waals surface area contributed by atoms with Crippen molar-refractivity contribution in [1.82, 2.24) is 10.2 Å². The third kappa shape index (κ3) is 3.83. The van der Waals surface area contributed by atoms with Crippen LogP contribution in [0.15, 0.2) is 30.3 Å². The molecule has 2 rings (SSSR count). The molecular weight excluding hydrogens is 252 g/mol. The molecule has 4 heteroatoms. The van der Waals surface area contributed by atoms with Crippen LogP contribution in [0.25, 0.3) is 0 Å². The third-order valence-corrected chi connectivity index (χ3v) is 3.83. The highest BCUT2D eigenvalue weighted by molar-refractivity contribution is 5.94. The standard InChI is InChI=1S/C16H22N2O2/c1-13(19)18-12-6-5-9-15(18)10-11-17-16(20)14-7-3-2-4-8-14/h2-4,7-8,15H,5-6,9-12H2,1H3,(H,17,20)/t15-/m0/s1. The molecule has 20 heavy (non-hydrogen) atoms. The summed E-state index contributed by atoms with van der Waals surface area (Å²) < 4.78 is 0. The number of likely N-dealkylation sites (tertiary alicyclic amines) is 1. The van der Waals surface area contributed by atoms with Gasteiger partial charge in [-0.2, -0.15) is 0 Å². The van der Waals surface area contributed by atoms with Gasteiger partial charge >= 0.3 is 0 Å². The Morgan fingerprint density at radius 1 is 1.25 bits per heavy atom. The molecule has 1 aromatic rings. The molecule has 0 unspecified atom stereocenters. The van der Waals surface area contributed by atoms with Crippen molar-refractivity contribution in [3.63, 3.8) is 0 Å². The Morgan fingerprint density at radius 3 is 2.70 bits per heavy atom. The summed E-state index contributed by atoms with van der Waals surface area (Å²) >= 11 is 0. The molecule has 0 radical (unpaired) electrons. The summed E-state index contributed by atoms with van der Waals surface area (Å²) in [7, 11) is 0. The third-order valence-electron chi connectivity index (χ3n) is 3.83. The zero-order chi connectivity index (χ0) is 14.4. The molecule has 1 atom stereocenters. The van der Waals surface area contributed by atoms with Crippen LogP contribution in [0.1, 0.15) is 43.0 Å². The summed E-state index contributed by atoms with van der Waals surface area (Å²) in [4.78, 5) is 25.4. The van der Waals surface area contributed by atoms with E-state index < -0.39 is 0 Å². The summed E-state index contributed by atoms with van der Waals surface area (Å²) in [5.41, 5.74) is 0.680. The summed E-state index contributed by atoms with van der Waals surface area (Å²) in [6, 6.07) is 9.48. The smallest absolute Gasteiger partial charge is 0.251 e. The molecule has 0 aromatic heterocycles. The molecule has 2 amide bonds. The molecule has 0 saturated carbocycles. The van der Waals surface area contributed by atoms with E-state index in [1.165, 1.54) is 6.42 Å². The molecule has 1 aromatic carbocycles. The Balaban J connectivity index is 1.80. The van der Waals surface area contributed by atoms with Gasteiger partial charge in [0.1, 0.15) is 0 Å². The number of carbonyl (C=O) groups excluding carboxylic acids is 2. The fourth-order valence-corrected chi connectivity index (χ4v) is 2.76. The second kappa shape index (κ2) is 7.08. The first kappa shape index (κ1) is 14.6. The first-order valence-corrected chi connectivity index (χ1v) is 7.29. The lowest BCUT2D eigenvalue weighted by Crippen LogP contribution is -2.44. The minimum atomic E-state index is -0.0456. The van der Waals surface area contributed by atoms with Crippen molar-refractivity contribution < 1.29 is 9.59 Å². The highest BCUT2D eigenvalue weighted by atomic mass is 16.2. The van der Waals surface area contributed by atoms with Gasteiger partial charge in [0.05, 0.1) is 0 Å². The molecule has 1 fully saturated rings. The maximum absolute atomic E-state index is 11.9. The highest BCUT2D eigenvalue weighted by Crippen LogP contribution is 2.19. The van der Waals surface area contributed by atoms with Crippen LogP contribution < -0.4 is 5.32 Å². The number of piperidine rings is 1. The van der Waals surface area contributed by atoms with Crippen LogP contribution in [-0.2, 0) is 4.79 Å². The Kier molecular flexibility index (Phi) is 5.16. The maximum Gasteiger partial charge on any atom is 0.251 e. The van der Waals surface area contributed by atoms with E-state index in [-0.39, 0.29) is 17.9 Å². The average Bonchev–Trinajstić information content (AvgIpc) is 2.48. The predicted octanol–water partition coefficient (Wildman–Crippen LogP) is 2.21. The van der Waals surface area contributed by atoms with Crippen molar-refractivity contribution in [2.45, 2.75) is 38.6 Å². The molecule has 1 N–H and O–H groups in total. The summed E-state index contributed by atoms with van der Waals surface area (Å²) in [6.45, 7) is 3.09. The van der Waals surface area contributed by atoms with E-state index in [1.807, 2.05) is 23.1 Å². The first-order chi connectivity index (χ1) is 9.68. The van der Waals surface area contributed by atoms with Gasteiger partial charge in [0.25, 0.3) is 5.91 Å². The number of benzene rings is 1. The van der Waals surface area contributed by atoms with E-state index in [2.05, 4.69) is 5.32 Å². The van der Waals surface area contributed by atoms with E-state index >= 15 is 0 Å². The maximum atomic E-state index is 11.9. The Morgan fingerprint density at radius 2 is 2.00 bits per heavy atom. The van der Waals surface area contributed by atoms with E-state index in [0.29, 0.717) is 12.1 Å². The zero-order valence-electron chi connectivity index (χ0n) is 12.0. The van der Waals surface area contributed by atoms with Gasteiger partial charge in [-0.25, -0.2) is 0 Å². The van der Waals surface area contributed by atoms with E-state index in [1.54, 1.807) is 19.1 Å². The topological polar surface area (TPSA) is 49.4 Å². The SMILES string of the molecule is CC(=O)N1CCCC[C@H]1CCNC(=O)c1ccccc1. The summed E-state index contributed by atoms with van der Waals surface area (Å²) in [5.74, 6) is 0.0971. The fourth-order valence-electron chi connectivity index (χ4n) is 2.76. The second-order valence-corrected chi connectivity index (χ2v) is 5.27. The molecule has 1 saturated heterocycles. The highest BCUT2D eigenvalue weighted by Gasteiger charge is 2.23. The van der Waals surface area contributed by atoms with Gasteiger partial charge in [0.2, 0.25) is 5.91 Å². The number of hydrogen-bond acceptors (Lipinski definition) is 2. The molecule has 108 valence electrons. The minimum Gasteiger partial charge on any atom is -0.352 e. The molecule has 1 aliphatic heterocycles. The lowest BCUT2D eigenvalue weighted by Gasteiger charge is -2.35. The molecule has 1 aliphatic rings. The van der Waals surface area contributed by atoms with Gasteiger partial charge in [0, 0.05) is 31.6 Å². The molecule has 0 aliphatic carbocycles. The van der Waals surface area contributed by atoms with Crippen molar-refractivity contribution >= 4 is 11.8 Å². The van der Waals surface area contributed by atoms with Crippen LogP contribution in [0.3, 0.4) is 0 Å². The van der Waals surface area contributed by atoms with Crippen LogP contribution >= 0.6 is 0 Å². The first-order valence-electron chi connectivity index (χ1n) is 7.29. The molecule has 0 bridgehead atoms. The number of nitrogens with one attached hydrogen (secondary N) is 1. The lowest BCUT2D eigenvalue weighted by molar-refractivity contribution is -0.132. The van der Waals surface area contributed by atoms with Crippen molar-refractivity contribution in [3.05, 3.63) is 35.9 Å². The second-order valence-electron chi connectivity index (χ2n) is 5.27. The normalized spacial score (nSPS) is 18.6. The van der Waals surface area contributed by atoms with Gasteiger partial charge in [0.15, 0.2) is 0 Å². The van der Waals surface area contributed by atoms with Gasteiger partial charge in [-0.15, -0.1) is 0 Å². The van der Waals surface area contributed by atoms with Crippen LogP contribution in [0.5, 0.6) is 0 Å². The summed E-state index contributed by atoms with van der Waals surface area (Å²) in [6.07, 6.45) is 4.13. The van der Waals surface area contributed by atoms with Crippen LogP contribution in [-0.4, -0.2) is 35.8 Å². The predicted molar refractivity (Wildman–Crippen MR) is 78.4 cm³/mol. The number of nitrogens with zero attached hydrogens (tertiary/aromatic N) is 1. The van der Waals surface area contributed by atoms with Crippen LogP contribution in [0, 0.1) is 0 Å². The number of carbonyl (C=O) groups is 2. The molecule has 4 nitrogen and oxygen atoms in total. The van der Waals surface area contributed by atoms with E-state index in [4.69, 9.17) is 0 Å². The Hall–Kier alpha value is -1.84. The lowest BCUT2D eigenvalue weighted by atomic mass is 9.99. The molecule has 1 heterocycles. The zero-order valence-corrected chi connectivity index (χ0v) is 12.0. The number of amides is 2. The van der Waals surface area contributed by atoms with Gasteiger partial charge < -0.3 is 10.2 Å². The van der Waals surface area contributed by atoms with Crippen LogP contribution in [0.4, 0.5) is 0 Å².